The fraction of sp³-hybridized carbons (Fsp3) is 0.368. The molecular formula is C19H18F3N5O2. The average molecular weight is 405 g/mol. The quantitative estimate of drug-likeness (QED) is 0.794. The molecule has 1 saturated carbocycles. The van der Waals surface area contributed by atoms with Crippen LogP contribution < -0.4 is 5.43 Å². The van der Waals surface area contributed by atoms with Crippen molar-refractivity contribution in [2.75, 3.05) is 6.54 Å². The van der Waals surface area contributed by atoms with E-state index in [1.54, 1.807) is 13.0 Å². The number of nitrogens with zero attached hydrogens (tertiary/aromatic N) is 4. The standard InChI is InChI=1S/C19H18F3N5O2/c1-12-8-13(10-14(9-12)19(20,21)22)16-23-11-26(25-16)6-2-15(28)24-27-7-5-18(3-4-18)17(27)29/h2,6,8-11H,3-5,7H2,1H3,(H,24,28)/b6-2-. The summed E-state index contributed by atoms with van der Waals surface area (Å²) in [6, 6.07) is 3.59. The zero-order valence-corrected chi connectivity index (χ0v) is 15.5. The van der Waals surface area contributed by atoms with E-state index in [-0.39, 0.29) is 22.7 Å². The number of alkyl halides is 3. The number of carbonyl (C=O) groups is 2. The number of nitrogens with one attached hydrogen (secondary N) is 1. The lowest BCUT2D eigenvalue weighted by molar-refractivity contribution is -0.139. The number of hydrogen-bond donors (Lipinski definition) is 1. The van der Waals surface area contributed by atoms with Crippen LogP contribution in [0.5, 0.6) is 0 Å². The van der Waals surface area contributed by atoms with E-state index in [1.807, 2.05) is 0 Å². The lowest BCUT2D eigenvalue weighted by atomic mass is 10.1. The number of aromatic nitrogens is 3. The smallest absolute Gasteiger partial charge is 0.272 e. The van der Waals surface area contributed by atoms with Gasteiger partial charge in [-0.1, -0.05) is 0 Å². The molecule has 1 aromatic carbocycles. The van der Waals surface area contributed by atoms with E-state index in [0.717, 1.165) is 31.4 Å². The molecule has 7 nitrogen and oxygen atoms in total. The Labute approximate surface area is 164 Å². The van der Waals surface area contributed by atoms with Crippen molar-refractivity contribution < 1.29 is 22.8 Å². The van der Waals surface area contributed by atoms with Crippen molar-refractivity contribution in [1.82, 2.24) is 25.2 Å². The number of hydrazine groups is 1. The van der Waals surface area contributed by atoms with Crippen LogP contribution in [0, 0.1) is 12.3 Å². The molecular weight excluding hydrogens is 387 g/mol. The topological polar surface area (TPSA) is 80.1 Å². The number of amides is 2. The third kappa shape index (κ3) is 3.87. The summed E-state index contributed by atoms with van der Waals surface area (Å²) in [6.45, 7) is 2.05. The van der Waals surface area contributed by atoms with Crippen LogP contribution in [-0.4, -0.2) is 38.1 Å². The van der Waals surface area contributed by atoms with Gasteiger partial charge < -0.3 is 0 Å². The molecule has 152 valence electrons. The van der Waals surface area contributed by atoms with E-state index in [1.165, 1.54) is 28.3 Å². The highest BCUT2D eigenvalue weighted by molar-refractivity contribution is 5.94. The van der Waals surface area contributed by atoms with Gasteiger partial charge >= 0.3 is 6.18 Å². The molecule has 1 N–H and O–H groups in total. The van der Waals surface area contributed by atoms with E-state index in [2.05, 4.69) is 15.5 Å². The van der Waals surface area contributed by atoms with Crippen molar-refractivity contribution in [2.45, 2.75) is 32.4 Å². The first-order valence-electron chi connectivity index (χ1n) is 9.08. The van der Waals surface area contributed by atoms with Gasteiger partial charge in [-0.2, -0.15) is 13.2 Å². The third-order valence-electron chi connectivity index (χ3n) is 5.16. The molecule has 2 aliphatic rings. The molecule has 2 heterocycles. The second kappa shape index (κ2) is 6.71. The SMILES string of the molecule is Cc1cc(-c2ncn(/C=C\C(=O)NN3CCC4(CC4)C3=O)n2)cc(C(F)(F)F)c1. The van der Waals surface area contributed by atoms with Gasteiger partial charge in [-0.3, -0.25) is 20.0 Å². The molecule has 10 heteroatoms. The fourth-order valence-electron chi connectivity index (χ4n) is 3.41. The van der Waals surface area contributed by atoms with Crippen LogP contribution in [-0.2, 0) is 15.8 Å². The van der Waals surface area contributed by atoms with Gasteiger partial charge in [0.15, 0.2) is 5.82 Å². The van der Waals surface area contributed by atoms with E-state index in [9.17, 15) is 22.8 Å². The molecule has 2 fully saturated rings. The molecule has 1 aromatic heterocycles. The van der Waals surface area contributed by atoms with Crippen molar-refractivity contribution >= 4 is 18.0 Å². The van der Waals surface area contributed by atoms with Crippen LogP contribution in [0.4, 0.5) is 13.2 Å². The molecule has 1 spiro atoms. The largest absolute Gasteiger partial charge is 0.416 e. The lowest BCUT2D eigenvalue weighted by Crippen LogP contribution is -2.43. The molecule has 2 amide bonds. The second-order valence-electron chi connectivity index (χ2n) is 7.41. The van der Waals surface area contributed by atoms with Gasteiger partial charge in [-0.15, -0.1) is 5.10 Å². The highest BCUT2D eigenvalue weighted by Gasteiger charge is 2.55. The van der Waals surface area contributed by atoms with Crippen LogP contribution in [0.15, 0.2) is 30.6 Å². The minimum atomic E-state index is -4.46. The van der Waals surface area contributed by atoms with E-state index < -0.39 is 17.6 Å². The molecule has 0 unspecified atom stereocenters. The molecule has 29 heavy (non-hydrogen) atoms. The van der Waals surface area contributed by atoms with Gasteiger partial charge in [-0.25, -0.2) is 9.67 Å². The Morgan fingerprint density at radius 3 is 2.66 bits per heavy atom. The summed E-state index contributed by atoms with van der Waals surface area (Å²) < 4.78 is 40.2. The van der Waals surface area contributed by atoms with Crippen LogP contribution >= 0.6 is 0 Å². The van der Waals surface area contributed by atoms with Crippen molar-refractivity contribution in [3.63, 3.8) is 0 Å². The third-order valence-corrected chi connectivity index (χ3v) is 5.16. The molecule has 1 aliphatic carbocycles. The number of hydrogen-bond acceptors (Lipinski definition) is 4. The Kier molecular flexibility index (Phi) is 4.44. The van der Waals surface area contributed by atoms with E-state index in [4.69, 9.17) is 0 Å². The van der Waals surface area contributed by atoms with Crippen LogP contribution in [0.2, 0.25) is 0 Å². The molecule has 1 aliphatic heterocycles. The van der Waals surface area contributed by atoms with Crippen molar-refractivity contribution in [1.29, 1.82) is 0 Å². The number of aryl methyl sites for hydroxylation is 1. The van der Waals surface area contributed by atoms with Crippen molar-refractivity contribution in [3.8, 4) is 11.4 Å². The highest BCUT2D eigenvalue weighted by Crippen LogP contribution is 2.53. The first kappa shape index (κ1) is 19.2. The van der Waals surface area contributed by atoms with E-state index in [0.29, 0.717) is 12.1 Å². The Hall–Kier alpha value is -3.17. The maximum absolute atomic E-state index is 13.0. The van der Waals surface area contributed by atoms with Gasteiger partial charge in [0.1, 0.15) is 6.33 Å². The van der Waals surface area contributed by atoms with Crippen LogP contribution in [0.25, 0.3) is 17.6 Å². The number of benzene rings is 1. The Balaban J connectivity index is 1.43. The fourth-order valence-corrected chi connectivity index (χ4v) is 3.41. The number of rotatable bonds is 4. The minimum Gasteiger partial charge on any atom is -0.272 e. The zero-order chi connectivity index (χ0) is 20.8. The number of halogens is 3. The minimum absolute atomic E-state index is 0.0535. The van der Waals surface area contributed by atoms with Gasteiger partial charge in [0.25, 0.3) is 5.91 Å². The lowest BCUT2D eigenvalue weighted by Gasteiger charge is -2.16. The summed E-state index contributed by atoms with van der Waals surface area (Å²) in [7, 11) is 0. The first-order valence-corrected chi connectivity index (χ1v) is 9.08. The summed E-state index contributed by atoms with van der Waals surface area (Å²) in [5.74, 6) is -0.445. The van der Waals surface area contributed by atoms with Gasteiger partial charge in [0, 0.05) is 24.4 Å². The predicted molar refractivity (Wildman–Crippen MR) is 96.7 cm³/mol. The van der Waals surface area contributed by atoms with Gasteiger partial charge in [-0.05, 0) is 49.9 Å². The molecule has 4 rings (SSSR count). The summed E-state index contributed by atoms with van der Waals surface area (Å²) >= 11 is 0. The van der Waals surface area contributed by atoms with Crippen molar-refractivity contribution in [3.05, 3.63) is 41.7 Å². The highest BCUT2D eigenvalue weighted by atomic mass is 19.4. The second-order valence-corrected chi connectivity index (χ2v) is 7.41. The van der Waals surface area contributed by atoms with Gasteiger partial charge in [0.2, 0.25) is 5.91 Å². The monoisotopic (exact) mass is 405 g/mol. The Morgan fingerprint density at radius 1 is 1.24 bits per heavy atom. The maximum atomic E-state index is 13.0. The molecule has 2 aromatic rings. The maximum Gasteiger partial charge on any atom is 0.416 e. The Bertz CT molecular complexity index is 1010. The molecule has 0 bridgehead atoms. The summed E-state index contributed by atoms with van der Waals surface area (Å²) in [5.41, 5.74) is 2.16. The summed E-state index contributed by atoms with van der Waals surface area (Å²) in [6.07, 6.45) is 1.80. The molecule has 0 atom stereocenters. The van der Waals surface area contributed by atoms with Gasteiger partial charge in [0.05, 0.1) is 11.0 Å². The zero-order valence-electron chi connectivity index (χ0n) is 15.5. The molecule has 0 radical (unpaired) electrons. The van der Waals surface area contributed by atoms with Crippen molar-refractivity contribution in [2.24, 2.45) is 5.41 Å². The summed E-state index contributed by atoms with van der Waals surface area (Å²) in [5, 5.41) is 5.42. The molecule has 1 saturated heterocycles. The average Bonchev–Trinajstić information content (AvgIpc) is 3.19. The summed E-state index contributed by atoms with van der Waals surface area (Å²) in [4.78, 5) is 28.2. The number of carbonyl (C=O) groups excluding carboxylic acids is 2. The first-order chi connectivity index (χ1) is 13.7. The van der Waals surface area contributed by atoms with Crippen LogP contribution in [0.3, 0.4) is 0 Å². The van der Waals surface area contributed by atoms with Crippen LogP contribution in [0.1, 0.15) is 30.4 Å². The normalized spacial score (nSPS) is 18.1. The Morgan fingerprint density at radius 2 is 2.00 bits per heavy atom. The van der Waals surface area contributed by atoms with E-state index >= 15 is 0 Å². The predicted octanol–water partition coefficient (Wildman–Crippen LogP) is 2.79.